The van der Waals surface area contributed by atoms with E-state index in [1.54, 1.807) is 18.9 Å². The maximum atomic E-state index is 6.31. The third-order valence-electron chi connectivity index (χ3n) is 28.9. The summed E-state index contributed by atoms with van der Waals surface area (Å²) in [7, 11) is 16.4. The second kappa shape index (κ2) is 34.8. The van der Waals surface area contributed by atoms with E-state index in [0.29, 0.717) is 35.1 Å². The SMILES string of the molecule is C[n+]1cccc2c1B1c3c(ccnc3O2)N(c2ccccc2)c2ccc[n+](C)c21.C[n+]1cccc2c1B1c3c(ccnc3O2)N(c2ccccc2)c2cnc[n+](C)c21.C[n+]1cccc2c1B1c3c(ccnc3O2)N(c2ccccc2)c2ncc[n+](C)c21.C[n+]1cncc2c1B1c3c(ncnc3N(c3ccccc3)c3cnc[n+](C)c31)O2.Cc1cccc2c1B1c3c(C)cccc3N(c3ccccc3)c3ccnc(c31)O2. The highest BCUT2D eigenvalue weighted by Crippen LogP contribution is 2.46. The van der Waals surface area contributed by atoms with E-state index in [4.69, 9.17) is 28.7 Å². The van der Waals surface area contributed by atoms with Crippen molar-refractivity contribution < 1.29 is 60.2 Å². The molecule has 23 heterocycles. The number of benzene rings is 7. The number of aromatic nitrogens is 18. The fourth-order valence-electron chi connectivity index (χ4n) is 22.9. The number of para-hydroxylation sites is 5. The van der Waals surface area contributed by atoms with Crippen LogP contribution in [-0.4, -0.2) is 83.4 Å². The molecule has 20 aromatic rings. The van der Waals surface area contributed by atoms with E-state index >= 15 is 0 Å². The van der Waals surface area contributed by atoms with Gasteiger partial charge in [0.1, 0.15) is 87.0 Å². The van der Waals surface area contributed by atoms with Gasteiger partial charge in [-0.3, -0.25) is 9.80 Å². The van der Waals surface area contributed by atoms with Gasteiger partial charge in [0.25, 0.3) is 25.7 Å². The number of aryl methyl sites for hydroxylation is 10. The smallest absolute Gasteiger partial charge is 0.423 e. The molecule has 0 bridgehead atoms. The molecule has 0 saturated heterocycles. The van der Waals surface area contributed by atoms with Crippen molar-refractivity contribution in [3.63, 3.8) is 0 Å². The lowest BCUT2D eigenvalue weighted by molar-refractivity contribution is -0.661. The summed E-state index contributed by atoms with van der Waals surface area (Å²) in [5, 5.41) is 0. The summed E-state index contributed by atoms with van der Waals surface area (Å²) in [4.78, 5) is 56.8. The Labute approximate surface area is 837 Å². The van der Waals surface area contributed by atoms with Crippen molar-refractivity contribution in [1.29, 1.82) is 0 Å². The summed E-state index contributed by atoms with van der Waals surface area (Å²) in [5.74, 6) is 9.14. The molecule has 0 radical (unpaired) electrons. The van der Waals surface area contributed by atoms with E-state index in [-0.39, 0.29) is 33.6 Å². The van der Waals surface area contributed by atoms with E-state index in [0.717, 1.165) is 164 Å². The van der Waals surface area contributed by atoms with Crippen LogP contribution < -0.4 is 168 Å². The molecule has 10 aliphatic rings. The van der Waals surface area contributed by atoms with Crippen LogP contribution in [0.4, 0.5) is 85.6 Å². The third-order valence-corrected chi connectivity index (χ3v) is 28.9. The molecule has 7 aromatic carbocycles. The number of anilines is 15. The Hall–Kier alpha value is -18.5. The average molecular weight is 1890 g/mol. The van der Waals surface area contributed by atoms with Crippen LogP contribution in [0.2, 0.25) is 0 Å². The number of pyridine rings is 8. The van der Waals surface area contributed by atoms with Gasteiger partial charge in [0, 0.05) is 128 Å². The van der Waals surface area contributed by atoms with Crippen LogP contribution in [-0.2, 0) is 56.4 Å². The van der Waals surface area contributed by atoms with Crippen LogP contribution in [0.1, 0.15) is 11.1 Å². The minimum atomic E-state index is -0.0964. The minimum absolute atomic E-state index is 0.00612. The highest BCUT2D eigenvalue weighted by molar-refractivity contribution is 7.01. The molecule has 0 unspecified atom stereocenters. The Bertz CT molecular complexity index is 7450. The van der Waals surface area contributed by atoms with Gasteiger partial charge in [0.15, 0.2) is 101 Å². The van der Waals surface area contributed by atoms with Crippen LogP contribution in [0.25, 0.3) is 0 Å². The molecular weight excluding hydrogens is 1800 g/mol. The van der Waals surface area contributed by atoms with Crippen molar-refractivity contribution in [2.24, 2.45) is 56.4 Å². The summed E-state index contributed by atoms with van der Waals surface area (Å²) in [5.41, 5.74) is 33.7. The molecule has 0 amide bonds. The minimum Gasteiger partial charge on any atom is -0.440 e. The number of ether oxygens (including phenoxy) is 5. The summed E-state index contributed by atoms with van der Waals surface area (Å²) < 4.78 is 48.2. The van der Waals surface area contributed by atoms with Crippen LogP contribution in [0.5, 0.6) is 58.1 Å². The quantitative estimate of drug-likeness (QED) is 0.151. The number of hydrogen-bond acceptors (Lipinski definition) is 20. The number of fused-ring (bicyclic) bond motifs is 20. The maximum Gasteiger partial charge on any atom is 0.423 e. The van der Waals surface area contributed by atoms with Crippen LogP contribution >= 0.6 is 0 Å². The topological polar surface area (TPSA) is 222 Å². The molecule has 28 nitrogen and oxygen atoms in total. The van der Waals surface area contributed by atoms with Crippen LogP contribution in [0.15, 0.2) is 367 Å². The molecule has 0 atom stereocenters. The van der Waals surface area contributed by atoms with Gasteiger partial charge >= 0.3 is 26.9 Å². The predicted molar refractivity (Wildman–Crippen MR) is 558 cm³/mol. The summed E-state index contributed by atoms with van der Waals surface area (Å²) in [6, 6.07) is 89.4. The van der Waals surface area contributed by atoms with E-state index in [1.807, 2.05) is 179 Å². The van der Waals surface area contributed by atoms with Crippen molar-refractivity contribution in [2.45, 2.75) is 13.8 Å². The maximum absolute atomic E-state index is 6.31. The van der Waals surface area contributed by atoms with E-state index in [2.05, 4.69) is 345 Å². The van der Waals surface area contributed by atoms with Gasteiger partial charge in [-0.05, 0) is 146 Å². The molecule has 10 aliphatic heterocycles. The first kappa shape index (κ1) is 86.8. The van der Waals surface area contributed by atoms with Crippen LogP contribution in [0, 0.1) is 13.8 Å². The molecule has 0 spiro atoms. The first-order chi connectivity index (χ1) is 71.2. The van der Waals surface area contributed by atoms with Gasteiger partial charge in [0.2, 0.25) is 35.1 Å². The molecule has 145 heavy (non-hydrogen) atoms. The van der Waals surface area contributed by atoms with Crippen molar-refractivity contribution in [3.05, 3.63) is 378 Å². The first-order valence-electron chi connectivity index (χ1n) is 48.1. The van der Waals surface area contributed by atoms with Crippen molar-refractivity contribution in [2.75, 3.05) is 24.5 Å². The Morgan fingerprint density at radius 2 is 0.538 bits per heavy atom. The van der Waals surface area contributed by atoms with Gasteiger partial charge in [0.05, 0.1) is 33.0 Å². The van der Waals surface area contributed by atoms with Crippen molar-refractivity contribution in [3.8, 4) is 58.1 Å². The molecule has 0 N–H and O–H groups in total. The normalized spacial score (nSPS) is 13.3. The van der Waals surface area contributed by atoms with Gasteiger partial charge < -0.3 is 38.4 Å². The van der Waals surface area contributed by atoms with Crippen molar-refractivity contribution in [1.82, 2.24) is 49.8 Å². The molecule has 13 aromatic heterocycles. The van der Waals surface area contributed by atoms with Gasteiger partial charge in [-0.2, -0.15) is 0 Å². The highest BCUT2D eigenvalue weighted by Gasteiger charge is 2.58. The zero-order chi connectivity index (χ0) is 97.7. The molecular formula is C112H90B5N23O5+8. The first-order valence-corrected chi connectivity index (χ1v) is 48.1. The zero-order valence-electron chi connectivity index (χ0n) is 80.9. The molecule has 0 fully saturated rings. The van der Waals surface area contributed by atoms with Crippen molar-refractivity contribution >= 4 is 202 Å². The van der Waals surface area contributed by atoms with Crippen LogP contribution in [0.3, 0.4) is 0 Å². The molecule has 0 aliphatic carbocycles. The van der Waals surface area contributed by atoms with Gasteiger partial charge in [-0.1, -0.05) is 141 Å². The fraction of sp³-hybridized carbons (Fsp3) is 0.0893. The van der Waals surface area contributed by atoms with Gasteiger partial charge in [-0.25, -0.2) is 71.4 Å². The molecule has 690 valence electrons. The lowest BCUT2D eigenvalue weighted by atomic mass is 9.33. The largest absolute Gasteiger partial charge is 0.440 e. The second-order valence-corrected chi connectivity index (χ2v) is 37.2. The number of hydrogen-bond donors (Lipinski definition) is 0. The molecule has 33 heteroatoms. The summed E-state index contributed by atoms with van der Waals surface area (Å²) in [6.45, 7) is 4.44. The lowest BCUT2D eigenvalue weighted by Gasteiger charge is -2.40. The van der Waals surface area contributed by atoms with E-state index in [1.165, 1.54) is 39.0 Å². The summed E-state index contributed by atoms with van der Waals surface area (Å²) in [6.07, 6.45) is 32.1. The Morgan fingerprint density at radius 3 is 1.03 bits per heavy atom. The monoisotopic (exact) mass is 1890 g/mol. The van der Waals surface area contributed by atoms with E-state index < -0.39 is 0 Å². The Morgan fingerprint density at radius 1 is 0.214 bits per heavy atom. The zero-order valence-corrected chi connectivity index (χ0v) is 80.9. The highest BCUT2D eigenvalue weighted by atomic mass is 16.5. The Kier molecular flexibility index (Phi) is 20.8. The lowest BCUT2D eigenvalue weighted by Crippen LogP contribution is -2.74. The standard InChI is InChI=1S/C25H19BN2O.C23H19BN4O.2C22H18BN5O.C20H16BN7O/c1-16-8-6-12-19-22(16)26-23-17(2)9-7-13-21(23)29-25-24(26)20(14-15-27-25)28(19)18-10-4-3-5-11-18;1-26-14-6-10-18-21(26)24-20-17(28(18)16-8-4-3-5-9-16)12-13-25-23(20)29-19-11-7-15-27(2)22(19)24;1-26-13-6-9-17-19(26)23-18-16(10-11-25-22(18)29-17)28(15-7-4-3-5-8-15)21-20(23)27(2)14-12-24-21;1-26-12-6-9-18-21(26)23-19-16(10-11-25-22(19)29-18)28(15-7-4-3-5-8-15)17-13-24-14-27(2)20(17)23;1-26-11-22-8-14-17(26)21-16-19(28(14)13-6-4-3-5-7-13)24-10-25-20(16)29-15-9-23-12-27(2)18(15)21/h2*3-15H,1-2H3;2*3-14H,1-2H3;3-12H,1-2H3/q;4*+2. The fourth-order valence-corrected chi connectivity index (χ4v) is 22.9. The molecule has 0 saturated carbocycles. The number of nitrogens with zero attached hydrogens (tertiary/aromatic N) is 23. The predicted octanol–water partition coefficient (Wildman–Crippen LogP) is 5.62. The van der Waals surface area contributed by atoms with Gasteiger partial charge in [-0.15, -0.1) is 0 Å². The average Bonchev–Trinajstić information content (AvgIpc) is 0.724. The van der Waals surface area contributed by atoms with E-state index in [9.17, 15) is 0 Å². The second-order valence-electron chi connectivity index (χ2n) is 37.2. The third kappa shape index (κ3) is 13.9. The number of rotatable bonds is 5. The Balaban J connectivity index is 0.0000000923. The molecule has 30 rings (SSSR count). The summed E-state index contributed by atoms with van der Waals surface area (Å²) >= 11 is 0.